The van der Waals surface area contributed by atoms with Gasteiger partial charge in [0, 0.05) is 24.9 Å². The molecule has 0 N–H and O–H groups in total. The van der Waals surface area contributed by atoms with Crippen molar-refractivity contribution in [2.75, 3.05) is 33.4 Å². The first-order valence-electron chi connectivity index (χ1n) is 9.50. The van der Waals surface area contributed by atoms with Crippen molar-refractivity contribution in [3.8, 4) is 0 Å². The van der Waals surface area contributed by atoms with Gasteiger partial charge in [-0.25, -0.2) is 0 Å². The second kappa shape index (κ2) is 6.12. The van der Waals surface area contributed by atoms with Gasteiger partial charge in [-0.3, -0.25) is 0 Å². The van der Waals surface area contributed by atoms with E-state index in [0.29, 0.717) is 11.8 Å². The quantitative estimate of drug-likeness (QED) is 0.708. The maximum absolute atomic E-state index is 5.93. The Morgan fingerprint density at radius 3 is 1.88 bits per heavy atom. The standard InChI is InChI=1S/C23H25NO/c1-24-12-10-16(11-13-24)23-19-8-4-2-6-17(19)21-14-25-15-22(21)18-7-3-5-9-20(18)23/h2-9,21-22H,10-15H2,1H3. The summed E-state index contributed by atoms with van der Waals surface area (Å²) in [5.74, 6) is 0.975. The monoisotopic (exact) mass is 331 g/mol. The first-order chi connectivity index (χ1) is 12.3. The Kier molecular flexibility index (Phi) is 3.76. The summed E-state index contributed by atoms with van der Waals surface area (Å²) in [4.78, 5) is 2.45. The van der Waals surface area contributed by atoms with Crippen molar-refractivity contribution in [2.45, 2.75) is 24.7 Å². The molecule has 2 aliphatic heterocycles. The van der Waals surface area contributed by atoms with E-state index in [1.165, 1.54) is 53.8 Å². The molecule has 0 amide bonds. The minimum atomic E-state index is 0.488. The summed E-state index contributed by atoms with van der Waals surface area (Å²) >= 11 is 0. The number of fused-ring (bicyclic) bond motifs is 5. The van der Waals surface area contributed by atoms with Crippen LogP contribution in [0.25, 0.3) is 5.57 Å². The van der Waals surface area contributed by atoms with Gasteiger partial charge in [-0.05, 0) is 47.7 Å². The maximum atomic E-state index is 5.93. The molecule has 2 aromatic carbocycles. The van der Waals surface area contributed by atoms with Crippen LogP contribution in [-0.4, -0.2) is 38.3 Å². The van der Waals surface area contributed by atoms with Crippen LogP contribution in [0.1, 0.15) is 46.9 Å². The zero-order chi connectivity index (χ0) is 16.8. The molecule has 2 unspecified atom stereocenters. The van der Waals surface area contributed by atoms with Gasteiger partial charge in [-0.2, -0.15) is 0 Å². The fourth-order valence-electron chi connectivity index (χ4n) is 4.93. The molecule has 5 rings (SSSR count). The summed E-state index contributed by atoms with van der Waals surface area (Å²) in [7, 11) is 2.23. The molecular formula is C23H25NO. The molecule has 3 aliphatic rings. The van der Waals surface area contributed by atoms with Crippen molar-refractivity contribution < 1.29 is 4.74 Å². The second-order valence-electron chi connectivity index (χ2n) is 7.71. The van der Waals surface area contributed by atoms with Crippen LogP contribution in [0.15, 0.2) is 54.1 Å². The Morgan fingerprint density at radius 1 is 0.800 bits per heavy atom. The molecule has 2 aromatic rings. The average molecular weight is 331 g/mol. The van der Waals surface area contributed by atoms with Crippen molar-refractivity contribution in [3.05, 3.63) is 76.4 Å². The van der Waals surface area contributed by atoms with Crippen molar-refractivity contribution in [3.63, 3.8) is 0 Å². The Bertz CT molecular complexity index is 772. The molecule has 0 saturated carbocycles. The van der Waals surface area contributed by atoms with E-state index in [1.807, 2.05) is 0 Å². The lowest BCUT2D eigenvalue weighted by molar-refractivity contribution is 0.190. The fourth-order valence-corrected chi connectivity index (χ4v) is 4.93. The highest BCUT2D eigenvalue weighted by Crippen LogP contribution is 2.49. The van der Waals surface area contributed by atoms with E-state index in [4.69, 9.17) is 4.74 Å². The minimum Gasteiger partial charge on any atom is -0.380 e. The fraction of sp³-hybridized carbons (Fsp3) is 0.391. The number of nitrogens with zero attached hydrogens (tertiary/aromatic N) is 1. The number of hydrogen-bond acceptors (Lipinski definition) is 2. The van der Waals surface area contributed by atoms with Crippen LogP contribution in [0.4, 0.5) is 0 Å². The summed E-state index contributed by atoms with van der Waals surface area (Å²) in [6, 6.07) is 18.1. The van der Waals surface area contributed by atoms with Gasteiger partial charge in [-0.1, -0.05) is 54.1 Å². The van der Waals surface area contributed by atoms with E-state index in [0.717, 1.165) is 13.2 Å². The van der Waals surface area contributed by atoms with Crippen molar-refractivity contribution in [1.82, 2.24) is 4.90 Å². The number of ether oxygens (including phenoxy) is 1. The van der Waals surface area contributed by atoms with Crippen LogP contribution in [0.5, 0.6) is 0 Å². The lowest BCUT2D eigenvalue weighted by Gasteiger charge is -2.27. The molecule has 0 radical (unpaired) electrons. The lowest BCUT2D eigenvalue weighted by atomic mass is 9.84. The van der Waals surface area contributed by atoms with Crippen LogP contribution in [0.3, 0.4) is 0 Å². The minimum absolute atomic E-state index is 0.488. The molecule has 2 nitrogen and oxygen atoms in total. The molecule has 0 bridgehead atoms. The number of rotatable bonds is 0. The third-order valence-electron chi connectivity index (χ3n) is 6.28. The molecule has 2 atom stereocenters. The Hall–Kier alpha value is -1.90. The normalized spacial score (nSPS) is 26.0. The van der Waals surface area contributed by atoms with Crippen molar-refractivity contribution >= 4 is 5.57 Å². The summed E-state index contributed by atoms with van der Waals surface area (Å²) in [6.45, 7) is 4.03. The third-order valence-corrected chi connectivity index (χ3v) is 6.28. The Morgan fingerprint density at radius 2 is 1.32 bits per heavy atom. The van der Waals surface area contributed by atoms with E-state index in [2.05, 4.69) is 60.5 Å². The van der Waals surface area contributed by atoms with Gasteiger partial charge in [0.25, 0.3) is 0 Å². The smallest absolute Gasteiger partial charge is 0.0542 e. The summed E-state index contributed by atoms with van der Waals surface area (Å²) in [5, 5.41) is 0. The van der Waals surface area contributed by atoms with Crippen LogP contribution in [-0.2, 0) is 4.74 Å². The Balaban J connectivity index is 1.79. The highest BCUT2D eigenvalue weighted by atomic mass is 16.5. The van der Waals surface area contributed by atoms with Crippen LogP contribution in [0, 0.1) is 0 Å². The van der Waals surface area contributed by atoms with Crippen LogP contribution < -0.4 is 0 Å². The van der Waals surface area contributed by atoms with E-state index >= 15 is 0 Å². The number of likely N-dealkylation sites (tertiary alicyclic amines) is 1. The molecule has 25 heavy (non-hydrogen) atoms. The van der Waals surface area contributed by atoms with E-state index < -0.39 is 0 Å². The summed E-state index contributed by atoms with van der Waals surface area (Å²) < 4.78 is 5.93. The van der Waals surface area contributed by atoms with Gasteiger partial charge < -0.3 is 9.64 Å². The van der Waals surface area contributed by atoms with E-state index in [9.17, 15) is 0 Å². The Labute approximate surface area is 150 Å². The molecule has 2 saturated heterocycles. The third kappa shape index (κ3) is 2.47. The molecule has 2 heteroatoms. The SMILES string of the molecule is CN1CCC(=C2c3ccccc3C3COCC3c3ccccc32)CC1. The number of hydrogen-bond donors (Lipinski definition) is 0. The predicted octanol–water partition coefficient (Wildman–Crippen LogP) is 4.43. The van der Waals surface area contributed by atoms with Gasteiger partial charge in [0.15, 0.2) is 0 Å². The zero-order valence-corrected chi connectivity index (χ0v) is 14.9. The van der Waals surface area contributed by atoms with Gasteiger partial charge in [0.1, 0.15) is 0 Å². The highest BCUT2D eigenvalue weighted by molar-refractivity contribution is 5.87. The van der Waals surface area contributed by atoms with E-state index in [-0.39, 0.29) is 0 Å². The van der Waals surface area contributed by atoms with Gasteiger partial charge in [-0.15, -0.1) is 0 Å². The molecule has 1 aliphatic carbocycles. The van der Waals surface area contributed by atoms with E-state index in [1.54, 1.807) is 5.57 Å². The van der Waals surface area contributed by atoms with Gasteiger partial charge in [0.2, 0.25) is 0 Å². The maximum Gasteiger partial charge on any atom is 0.0542 e. The summed E-state index contributed by atoms with van der Waals surface area (Å²) in [5.41, 5.74) is 9.04. The molecule has 128 valence electrons. The molecule has 2 heterocycles. The summed E-state index contributed by atoms with van der Waals surface area (Å²) in [6.07, 6.45) is 2.36. The first-order valence-corrected chi connectivity index (χ1v) is 9.50. The average Bonchev–Trinajstić information content (AvgIpc) is 3.10. The van der Waals surface area contributed by atoms with Gasteiger partial charge >= 0.3 is 0 Å². The molecule has 2 fully saturated rings. The second-order valence-corrected chi connectivity index (χ2v) is 7.71. The lowest BCUT2D eigenvalue weighted by Crippen LogP contribution is -2.27. The van der Waals surface area contributed by atoms with Crippen LogP contribution in [0.2, 0.25) is 0 Å². The highest BCUT2D eigenvalue weighted by Gasteiger charge is 2.37. The first kappa shape index (κ1) is 15.4. The molecule has 0 spiro atoms. The van der Waals surface area contributed by atoms with Crippen molar-refractivity contribution in [2.24, 2.45) is 0 Å². The molecular weight excluding hydrogens is 306 g/mol. The van der Waals surface area contributed by atoms with Crippen LogP contribution >= 0.6 is 0 Å². The zero-order valence-electron chi connectivity index (χ0n) is 14.9. The topological polar surface area (TPSA) is 12.5 Å². The van der Waals surface area contributed by atoms with Gasteiger partial charge in [0.05, 0.1) is 13.2 Å². The molecule has 0 aromatic heterocycles. The predicted molar refractivity (Wildman–Crippen MR) is 102 cm³/mol. The largest absolute Gasteiger partial charge is 0.380 e. The van der Waals surface area contributed by atoms with Crippen molar-refractivity contribution in [1.29, 1.82) is 0 Å². The number of benzene rings is 2. The number of piperidine rings is 1.